The van der Waals surface area contributed by atoms with Gasteiger partial charge in [0.15, 0.2) is 0 Å². The van der Waals surface area contributed by atoms with Crippen LogP contribution in [0.5, 0.6) is 0 Å². The third-order valence-corrected chi connectivity index (χ3v) is 3.69. The van der Waals surface area contributed by atoms with Crippen molar-refractivity contribution < 1.29 is 19.5 Å². The first-order chi connectivity index (χ1) is 10.3. The Bertz CT molecular complexity index is 571. The van der Waals surface area contributed by atoms with Crippen LogP contribution in [0.15, 0.2) is 24.3 Å². The number of carboxylic acid groups (broad SMARTS) is 1. The number of carbonyl (C=O) groups excluding carboxylic acids is 2. The van der Waals surface area contributed by atoms with Gasteiger partial charge < -0.3 is 15.7 Å². The lowest BCUT2D eigenvalue weighted by Crippen LogP contribution is -2.28. The van der Waals surface area contributed by atoms with Gasteiger partial charge in [0.1, 0.15) is 0 Å². The zero-order valence-electron chi connectivity index (χ0n) is 13.1. The van der Waals surface area contributed by atoms with Crippen molar-refractivity contribution in [3.05, 3.63) is 29.8 Å². The fourth-order valence-electron chi connectivity index (χ4n) is 2.18. The van der Waals surface area contributed by atoms with Gasteiger partial charge in [-0.1, -0.05) is 26.0 Å². The van der Waals surface area contributed by atoms with E-state index in [1.165, 1.54) is 7.05 Å². The highest BCUT2D eigenvalue weighted by atomic mass is 16.4. The maximum Gasteiger partial charge on any atom is 0.303 e. The Balaban J connectivity index is 2.85. The highest BCUT2D eigenvalue weighted by Gasteiger charge is 2.29. The first kappa shape index (κ1) is 17.7. The molecular formula is C16H22N2O4. The normalized spacial score (nSPS) is 13.0. The van der Waals surface area contributed by atoms with Crippen molar-refractivity contribution >= 4 is 23.5 Å². The molecule has 0 fully saturated rings. The molecule has 2 amide bonds. The lowest BCUT2D eigenvalue weighted by molar-refractivity contribution is -0.140. The van der Waals surface area contributed by atoms with Crippen LogP contribution in [0, 0.1) is 5.41 Å². The van der Waals surface area contributed by atoms with Gasteiger partial charge in [-0.25, -0.2) is 0 Å². The van der Waals surface area contributed by atoms with Crippen LogP contribution in [0.3, 0.4) is 0 Å². The highest BCUT2D eigenvalue weighted by Crippen LogP contribution is 2.30. The quantitative estimate of drug-likeness (QED) is 0.720. The van der Waals surface area contributed by atoms with Gasteiger partial charge in [0, 0.05) is 13.5 Å². The van der Waals surface area contributed by atoms with Gasteiger partial charge in [0.05, 0.1) is 17.7 Å². The second-order valence-electron chi connectivity index (χ2n) is 5.58. The number of rotatable bonds is 7. The van der Waals surface area contributed by atoms with Crippen LogP contribution in [-0.2, 0) is 9.59 Å². The van der Waals surface area contributed by atoms with Crippen molar-refractivity contribution in [1.82, 2.24) is 5.32 Å². The van der Waals surface area contributed by atoms with Crippen molar-refractivity contribution in [3.8, 4) is 0 Å². The maximum atomic E-state index is 12.2. The zero-order chi connectivity index (χ0) is 16.8. The molecule has 22 heavy (non-hydrogen) atoms. The summed E-state index contributed by atoms with van der Waals surface area (Å²) in [7, 11) is 1.52. The molecule has 1 aromatic carbocycles. The van der Waals surface area contributed by atoms with E-state index in [4.69, 9.17) is 5.11 Å². The van der Waals surface area contributed by atoms with Gasteiger partial charge in [0.25, 0.3) is 5.91 Å². The summed E-state index contributed by atoms with van der Waals surface area (Å²) < 4.78 is 0. The lowest BCUT2D eigenvalue weighted by atomic mass is 9.80. The van der Waals surface area contributed by atoms with Crippen LogP contribution in [0.25, 0.3) is 0 Å². The van der Waals surface area contributed by atoms with Crippen molar-refractivity contribution in [1.29, 1.82) is 0 Å². The van der Waals surface area contributed by atoms with E-state index < -0.39 is 11.4 Å². The molecule has 0 aromatic heterocycles. The molecule has 0 aliphatic heterocycles. The van der Waals surface area contributed by atoms with E-state index in [2.05, 4.69) is 10.6 Å². The minimum Gasteiger partial charge on any atom is -0.481 e. The molecule has 1 aromatic rings. The maximum absolute atomic E-state index is 12.2. The van der Waals surface area contributed by atoms with E-state index in [0.29, 0.717) is 17.7 Å². The summed E-state index contributed by atoms with van der Waals surface area (Å²) >= 11 is 0. The topological polar surface area (TPSA) is 95.5 Å². The number of aliphatic carboxylic acids is 1. The standard InChI is InChI=1S/C16H22N2O4/c1-4-16(2,10-14(20)21)9-13(19)18-12-8-6-5-7-11(12)15(22)17-3/h5-8H,4,9-10H2,1-3H3,(H,17,22)(H,18,19)(H,20,21)/t16-/m0/s1. The van der Waals surface area contributed by atoms with Crippen molar-refractivity contribution in [2.75, 3.05) is 12.4 Å². The van der Waals surface area contributed by atoms with Crippen LogP contribution in [0.1, 0.15) is 43.5 Å². The Kier molecular flexibility index (Phi) is 6.10. The Morgan fingerprint density at radius 1 is 1.18 bits per heavy atom. The minimum absolute atomic E-state index is 0.0754. The van der Waals surface area contributed by atoms with Crippen LogP contribution in [0.2, 0.25) is 0 Å². The summed E-state index contributed by atoms with van der Waals surface area (Å²) in [6.45, 7) is 3.63. The Morgan fingerprint density at radius 2 is 1.82 bits per heavy atom. The Labute approximate surface area is 129 Å². The molecule has 0 radical (unpaired) electrons. The van der Waals surface area contributed by atoms with Crippen LogP contribution >= 0.6 is 0 Å². The van der Waals surface area contributed by atoms with Gasteiger partial charge in [-0.15, -0.1) is 0 Å². The number of benzene rings is 1. The average Bonchev–Trinajstić information content (AvgIpc) is 2.46. The molecule has 6 heteroatoms. The smallest absolute Gasteiger partial charge is 0.303 e. The number of carbonyl (C=O) groups is 3. The number of nitrogens with one attached hydrogen (secondary N) is 2. The summed E-state index contributed by atoms with van der Waals surface area (Å²) in [5, 5.41) is 14.2. The molecule has 0 saturated heterocycles. The second kappa shape index (κ2) is 7.59. The Morgan fingerprint density at radius 3 is 2.36 bits per heavy atom. The molecule has 0 heterocycles. The van der Waals surface area contributed by atoms with Crippen LogP contribution in [-0.4, -0.2) is 29.9 Å². The number of amides is 2. The van der Waals surface area contributed by atoms with E-state index >= 15 is 0 Å². The van der Waals surface area contributed by atoms with Crippen molar-refractivity contribution in [2.24, 2.45) is 5.41 Å². The van der Waals surface area contributed by atoms with Gasteiger partial charge >= 0.3 is 5.97 Å². The number of para-hydroxylation sites is 1. The molecule has 0 bridgehead atoms. The molecule has 0 aliphatic carbocycles. The minimum atomic E-state index is -0.928. The fourth-order valence-corrected chi connectivity index (χ4v) is 2.18. The monoisotopic (exact) mass is 306 g/mol. The van der Waals surface area contributed by atoms with E-state index in [9.17, 15) is 14.4 Å². The van der Waals surface area contributed by atoms with Gasteiger partial charge in [-0.05, 0) is 24.0 Å². The van der Waals surface area contributed by atoms with E-state index in [-0.39, 0.29) is 24.7 Å². The second-order valence-corrected chi connectivity index (χ2v) is 5.58. The largest absolute Gasteiger partial charge is 0.481 e. The van der Waals surface area contributed by atoms with E-state index in [0.717, 1.165) is 0 Å². The van der Waals surface area contributed by atoms with E-state index in [1.54, 1.807) is 31.2 Å². The average molecular weight is 306 g/mol. The molecule has 1 atom stereocenters. The zero-order valence-corrected chi connectivity index (χ0v) is 13.1. The first-order valence-electron chi connectivity index (χ1n) is 7.14. The summed E-state index contributed by atoms with van der Waals surface area (Å²) in [6.07, 6.45) is 0.579. The molecular weight excluding hydrogens is 284 g/mol. The van der Waals surface area contributed by atoms with Crippen molar-refractivity contribution in [3.63, 3.8) is 0 Å². The molecule has 120 valence electrons. The Hall–Kier alpha value is -2.37. The fraction of sp³-hybridized carbons (Fsp3) is 0.438. The predicted molar refractivity (Wildman–Crippen MR) is 83.7 cm³/mol. The number of carboxylic acids is 1. The number of hydrogen-bond donors (Lipinski definition) is 3. The van der Waals surface area contributed by atoms with E-state index in [1.807, 2.05) is 6.92 Å². The van der Waals surface area contributed by atoms with Crippen molar-refractivity contribution in [2.45, 2.75) is 33.1 Å². The third-order valence-electron chi connectivity index (χ3n) is 3.69. The third kappa shape index (κ3) is 4.87. The highest BCUT2D eigenvalue weighted by molar-refractivity contribution is 6.03. The summed E-state index contributed by atoms with van der Waals surface area (Å²) in [4.78, 5) is 34.9. The molecule has 1 rings (SSSR count). The number of anilines is 1. The summed E-state index contributed by atoms with van der Waals surface area (Å²) in [5.41, 5.74) is 0.174. The molecule has 0 unspecified atom stereocenters. The van der Waals surface area contributed by atoms with Gasteiger partial charge in [-0.3, -0.25) is 14.4 Å². The van der Waals surface area contributed by atoms with Crippen LogP contribution < -0.4 is 10.6 Å². The lowest BCUT2D eigenvalue weighted by Gasteiger charge is -2.25. The molecule has 0 spiro atoms. The summed E-state index contributed by atoms with van der Waals surface area (Å²) in [6, 6.07) is 6.69. The van der Waals surface area contributed by atoms with Gasteiger partial charge in [0.2, 0.25) is 5.91 Å². The first-order valence-corrected chi connectivity index (χ1v) is 7.14. The predicted octanol–water partition coefficient (Wildman–Crippen LogP) is 2.27. The number of hydrogen-bond acceptors (Lipinski definition) is 3. The van der Waals surface area contributed by atoms with Crippen LogP contribution in [0.4, 0.5) is 5.69 Å². The summed E-state index contributed by atoms with van der Waals surface area (Å²) in [5.74, 6) is -1.52. The molecule has 0 aliphatic rings. The van der Waals surface area contributed by atoms with Gasteiger partial charge in [-0.2, -0.15) is 0 Å². The molecule has 6 nitrogen and oxygen atoms in total. The molecule has 0 saturated carbocycles. The molecule has 3 N–H and O–H groups in total. The SMILES string of the molecule is CC[C@](C)(CC(=O)O)CC(=O)Nc1ccccc1C(=O)NC.